The minimum atomic E-state index is -0.761. The maximum Gasteiger partial charge on any atom is 0.306 e. The van der Waals surface area contributed by atoms with Gasteiger partial charge in [0.2, 0.25) is 0 Å². The lowest BCUT2D eigenvalue weighted by atomic mass is 9.99. The van der Waals surface area contributed by atoms with Crippen LogP contribution < -0.4 is 0 Å². The third kappa shape index (κ3) is 43.8. The van der Waals surface area contributed by atoms with Crippen LogP contribution in [0.5, 0.6) is 0 Å². The Bertz CT molecular complexity index is 872. The van der Waals surface area contributed by atoms with Crippen molar-refractivity contribution < 1.29 is 28.6 Å². The average molecular weight is 807 g/mol. The fraction of sp³-hybridized carbons (Fsp3) is 0.941. The molecule has 0 aliphatic carbocycles. The van der Waals surface area contributed by atoms with Crippen molar-refractivity contribution in [3.63, 3.8) is 0 Å². The van der Waals surface area contributed by atoms with Crippen molar-refractivity contribution in [3.05, 3.63) is 0 Å². The molecule has 0 saturated carbocycles. The molecule has 0 bridgehead atoms. The van der Waals surface area contributed by atoms with Crippen LogP contribution in [0.25, 0.3) is 0 Å². The van der Waals surface area contributed by atoms with E-state index in [2.05, 4.69) is 34.6 Å². The van der Waals surface area contributed by atoms with Crippen molar-refractivity contribution in [3.8, 4) is 0 Å². The highest BCUT2D eigenvalue weighted by Gasteiger charge is 2.19. The number of rotatable bonds is 45. The number of unbranched alkanes of at least 4 members (excludes halogenated alkanes) is 29. The number of hydrogen-bond acceptors (Lipinski definition) is 6. The second kappa shape index (κ2) is 44.0. The Morgan fingerprint density at radius 2 is 0.667 bits per heavy atom. The highest BCUT2D eigenvalue weighted by atomic mass is 16.6. The second-order valence-corrected chi connectivity index (χ2v) is 18.2. The molecule has 0 aliphatic rings. The summed E-state index contributed by atoms with van der Waals surface area (Å²) in [6, 6.07) is 0. The van der Waals surface area contributed by atoms with Gasteiger partial charge in [0.05, 0.1) is 0 Å². The molecule has 6 nitrogen and oxygen atoms in total. The van der Waals surface area contributed by atoms with Crippen LogP contribution >= 0.6 is 0 Å². The van der Waals surface area contributed by atoms with Gasteiger partial charge in [-0.05, 0) is 31.1 Å². The van der Waals surface area contributed by atoms with Gasteiger partial charge in [-0.3, -0.25) is 14.4 Å². The van der Waals surface area contributed by atoms with Crippen LogP contribution in [0.15, 0.2) is 0 Å². The number of hydrogen-bond donors (Lipinski definition) is 0. The van der Waals surface area contributed by atoms with Crippen LogP contribution in [-0.2, 0) is 28.6 Å². The van der Waals surface area contributed by atoms with Gasteiger partial charge in [0.25, 0.3) is 0 Å². The Balaban J connectivity index is 4.33. The zero-order valence-corrected chi connectivity index (χ0v) is 39.0. The summed E-state index contributed by atoms with van der Waals surface area (Å²) in [5.41, 5.74) is 0. The summed E-state index contributed by atoms with van der Waals surface area (Å²) in [7, 11) is 0. The number of carbonyl (C=O) groups excluding carboxylic acids is 3. The largest absolute Gasteiger partial charge is 0.462 e. The lowest BCUT2D eigenvalue weighted by Gasteiger charge is -2.18. The molecule has 2 atom stereocenters. The van der Waals surface area contributed by atoms with Gasteiger partial charge < -0.3 is 14.2 Å². The molecule has 0 amide bonds. The van der Waals surface area contributed by atoms with Crippen LogP contribution in [0.3, 0.4) is 0 Å². The van der Waals surface area contributed by atoms with Crippen LogP contribution in [0.4, 0.5) is 0 Å². The molecule has 57 heavy (non-hydrogen) atoms. The Kier molecular flexibility index (Phi) is 42.7. The summed E-state index contributed by atoms with van der Waals surface area (Å²) in [5.74, 6) is 0.827. The predicted molar refractivity (Wildman–Crippen MR) is 243 cm³/mol. The summed E-state index contributed by atoms with van der Waals surface area (Å²) in [4.78, 5) is 37.9. The molecule has 0 aromatic rings. The maximum atomic E-state index is 12.8. The highest BCUT2D eigenvalue weighted by molar-refractivity contribution is 5.71. The second-order valence-electron chi connectivity index (χ2n) is 18.2. The zero-order chi connectivity index (χ0) is 41.9. The first-order chi connectivity index (χ1) is 27.8. The molecular weight excluding hydrogens is 709 g/mol. The van der Waals surface area contributed by atoms with Gasteiger partial charge in [-0.15, -0.1) is 0 Å². The molecule has 6 heteroatoms. The predicted octanol–water partition coefficient (Wildman–Crippen LogP) is 16.1. The summed E-state index contributed by atoms with van der Waals surface area (Å²) in [5, 5.41) is 0. The molecule has 0 N–H and O–H groups in total. The van der Waals surface area contributed by atoms with E-state index in [9.17, 15) is 14.4 Å². The van der Waals surface area contributed by atoms with Crippen molar-refractivity contribution in [1.29, 1.82) is 0 Å². The van der Waals surface area contributed by atoms with Gasteiger partial charge >= 0.3 is 17.9 Å². The van der Waals surface area contributed by atoms with E-state index in [4.69, 9.17) is 14.2 Å². The first kappa shape index (κ1) is 55.4. The number of carbonyl (C=O) groups is 3. The molecular formula is C51H98O6. The van der Waals surface area contributed by atoms with Gasteiger partial charge in [0.15, 0.2) is 6.10 Å². The Labute approximate surface area is 355 Å². The standard InChI is InChI=1S/C51H98O6/c1-6-8-9-10-11-12-13-14-15-22-28-33-38-43-51(54)57-48(45-56-50(53)42-37-32-27-23-18-19-24-29-34-39-46(3)4)44-55-49(52)41-36-31-26-21-17-16-20-25-30-35-40-47(5)7-2/h46-48H,6-45H2,1-5H3/t47?,48-/m1/s1. The van der Waals surface area contributed by atoms with E-state index in [-0.39, 0.29) is 31.1 Å². The smallest absolute Gasteiger partial charge is 0.306 e. The van der Waals surface area contributed by atoms with E-state index in [0.717, 1.165) is 69.6 Å². The fourth-order valence-electron chi connectivity index (χ4n) is 7.60. The molecule has 0 saturated heterocycles. The lowest BCUT2D eigenvalue weighted by Crippen LogP contribution is -2.30. The lowest BCUT2D eigenvalue weighted by molar-refractivity contribution is -0.167. The van der Waals surface area contributed by atoms with Crippen molar-refractivity contribution in [2.45, 2.75) is 285 Å². The van der Waals surface area contributed by atoms with Crippen LogP contribution in [0.2, 0.25) is 0 Å². The molecule has 0 aromatic heterocycles. The number of ether oxygens (including phenoxy) is 3. The van der Waals surface area contributed by atoms with Crippen LogP contribution in [0, 0.1) is 11.8 Å². The zero-order valence-electron chi connectivity index (χ0n) is 39.0. The molecule has 0 heterocycles. The van der Waals surface area contributed by atoms with E-state index in [0.29, 0.717) is 19.3 Å². The highest BCUT2D eigenvalue weighted by Crippen LogP contribution is 2.18. The van der Waals surface area contributed by atoms with Gasteiger partial charge in [0, 0.05) is 19.3 Å². The number of esters is 3. The van der Waals surface area contributed by atoms with Gasteiger partial charge in [0.1, 0.15) is 13.2 Å². The van der Waals surface area contributed by atoms with Crippen molar-refractivity contribution in [2.75, 3.05) is 13.2 Å². The van der Waals surface area contributed by atoms with Crippen molar-refractivity contribution in [1.82, 2.24) is 0 Å². The Hall–Kier alpha value is -1.59. The third-order valence-corrected chi connectivity index (χ3v) is 11.8. The van der Waals surface area contributed by atoms with Gasteiger partial charge in [-0.1, -0.05) is 240 Å². The van der Waals surface area contributed by atoms with E-state index in [1.54, 1.807) is 0 Å². The molecule has 0 rings (SSSR count). The minimum absolute atomic E-state index is 0.0642. The van der Waals surface area contributed by atoms with Gasteiger partial charge in [-0.2, -0.15) is 0 Å². The van der Waals surface area contributed by atoms with E-state index in [1.165, 1.54) is 167 Å². The first-order valence-electron chi connectivity index (χ1n) is 25.3. The third-order valence-electron chi connectivity index (χ3n) is 11.8. The van der Waals surface area contributed by atoms with Crippen LogP contribution in [0.1, 0.15) is 279 Å². The molecule has 0 radical (unpaired) electrons. The molecule has 0 fully saturated rings. The van der Waals surface area contributed by atoms with Gasteiger partial charge in [-0.25, -0.2) is 0 Å². The summed E-state index contributed by atoms with van der Waals surface area (Å²) >= 11 is 0. The first-order valence-corrected chi connectivity index (χ1v) is 25.3. The molecule has 0 aromatic carbocycles. The summed E-state index contributed by atoms with van der Waals surface area (Å²) in [6.07, 6.45) is 43.6. The maximum absolute atomic E-state index is 12.8. The summed E-state index contributed by atoms with van der Waals surface area (Å²) < 4.78 is 16.8. The van der Waals surface area contributed by atoms with E-state index in [1.807, 2.05) is 0 Å². The minimum Gasteiger partial charge on any atom is -0.462 e. The topological polar surface area (TPSA) is 78.9 Å². The fourth-order valence-corrected chi connectivity index (χ4v) is 7.60. The Morgan fingerprint density at radius 3 is 1.00 bits per heavy atom. The monoisotopic (exact) mass is 807 g/mol. The normalized spacial score (nSPS) is 12.5. The van der Waals surface area contributed by atoms with E-state index >= 15 is 0 Å². The quantitative estimate of drug-likeness (QED) is 0.0346. The molecule has 0 spiro atoms. The van der Waals surface area contributed by atoms with Crippen molar-refractivity contribution >= 4 is 17.9 Å². The summed E-state index contributed by atoms with van der Waals surface area (Å²) in [6.45, 7) is 11.4. The van der Waals surface area contributed by atoms with Crippen LogP contribution in [-0.4, -0.2) is 37.2 Å². The molecule has 0 aliphatic heterocycles. The van der Waals surface area contributed by atoms with E-state index < -0.39 is 6.10 Å². The molecule has 1 unspecified atom stereocenters. The molecule has 338 valence electrons. The SMILES string of the molecule is CCCCCCCCCCCCCCCC(=O)O[C@H](COC(=O)CCCCCCCCCCCCC(C)CC)COC(=O)CCCCCCCCCCCC(C)C. The van der Waals surface area contributed by atoms with Crippen molar-refractivity contribution in [2.24, 2.45) is 11.8 Å². The Morgan fingerprint density at radius 1 is 0.368 bits per heavy atom. The average Bonchev–Trinajstić information content (AvgIpc) is 3.19.